The summed E-state index contributed by atoms with van der Waals surface area (Å²) in [6.07, 6.45) is 10.1. The summed E-state index contributed by atoms with van der Waals surface area (Å²) in [7, 11) is 2.09. The molecule has 0 aromatic heterocycles. The number of likely N-dealkylation sites (tertiary alicyclic amines) is 1. The third kappa shape index (κ3) is 2.78. The Labute approximate surface area is 101 Å². The average Bonchev–Trinajstić information content (AvgIpc) is 2.31. The largest absolute Gasteiger partial charge is 0.318 e. The Bertz CT molecular complexity index is 203. The van der Waals surface area contributed by atoms with Gasteiger partial charge in [-0.15, -0.1) is 0 Å². The van der Waals surface area contributed by atoms with Gasteiger partial charge >= 0.3 is 0 Å². The predicted molar refractivity (Wildman–Crippen MR) is 69.7 cm³/mol. The summed E-state index contributed by atoms with van der Waals surface area (Å²) in [4.78, 5) is 2.84. The highest BCUT2D eigenvalue weighted by Gasteiger charge is 2.32. The zero-order valence-corrected chi connectivity index (χ0v) is 11.0. The van der Waals surface area contributed by atoms with Crippen molar-refractivity contribution in [1.29, 1.82) is 0 Å². The van der Waals surface area contributed by atoms with E-state index in [9.17, 15) is 0 Å². The molecule has 0 radical (unpaired) electrons. The summed E-state index contributed by atoms with van der Waals surface area (Å²) in [5.74, 6) is 0.922. The third-order valence-electron chi connectivity index (χ3n) is 4.60. The summed E-state index contributed by atoms with van der Waals surface area (Å²) in [6.45, 7) is 5.00. The van der Waals surface area contributed by atoms with Crippen molar-refractivity contribution in [3.63, 3.8) is 0 Å². The van der Waals surface area contributed by atoms with Crippen molar-refractivity contribution < 1.29 is 0 Å². The fraction of sp³-hybridized carbons (Fsp3) is 1.00. The van der Waals surface area contributed by atoms with Crippen LogP contribution in [0.25, 0.3) is 0 Å². The van der Waals surface area contributed by atoms with Crippen molar-refractivity contribution in [2.45, 2.75) is 64.0 Å². The van der Waals surface area contributed by atoms with Crippen LogP contribution in [-0.4, -0.2) is 37.1 Å². The highest BCUT2D eigenvalue weighted by molar-refractivity contribution is 4.88. The fourth-order valence-electron chi connectivity index (χ4n) is 3.70. The summed E-state index contributed by atoms with van der Waals surface area (Å²) < 4.78 is 0. The quantitative estimate of drug-likeness (QED) is 0.793. The molecule has 1 heterocycles. The van der Waals surface area contributed by atoms with Crippen LogP contribution in [0, 0.1) is 5.92 Å². The van der Waals surface area contributed by atoms with Gasteiger partial charge in [0.05, 0.1) is 0 Å². The topological polar surface area (TPSA) is 15.3 Å². The van der Waals surface area contributed by atoms with Crippen LogP contribution in [0.3, 0.4) is 0 Å². The summed E-state index contributed by atoms with van der Waals surface area (Å²) in [5, 5.41) is 3.38. The minimum absolute atomic E-state index is 0.810. The second-order valence-corrected chi connectivity index (χ2v) is 5.77. The van der Waals surface area contributed by atoms with E-state index >= 15 is 0 Å². The van der Waals surface area contributed by atoms with Gasteiger partial charge < -0.3 is 5.32 Å². The Morgan fingerprint density at radius 2 is 1.81 bits per heavy atom. The van der Waals surface area contributed by atoms with Crippen LogP contribution in [0.2, 0.25) is 0 Å². The summed E-state index contributed by atoms with van der Waals surface area (Å²) in [5.41, 5.74) is 0. The molecule has 2 rings (SSSR count). The van der Waals surface area contributed by atoms with Crippen LogP contribution >= 0.6 is 0 Å². The monoisotopic (exact) mass is 224 g/mol. The molecule has 3 unspecified atom stereocenters. The van der Waals surface area contributed by atoms with Crippen LogP contribution in [0.4, 0.5) is 0 Å². The number of nitrogens with one attached hydrogen (secondary N) is 1. The molecule has 1 aliphatic heterocycles. The predicted octanol–water partition coefficient (Wildman–Crippen LogP) is 2.64. The first-order chi connectivity index (χ1) is 7.83. The lowest BCUT2D eigenvalue weighted by molar-refractivity contribution is 0.0446. The smallest absolute Gasteiger partial charge is 0.0223 e. The van der Waals surface area contributed by atoms with Crippen molar-refractivity contribution >= 4 is 0 Å². The van der Waals surface area contributed by atoms with Crippen LogP contribution in [0.5, 0.6) is 0 Å². The lowest BCUT2D eigenvalue weighted by atomic mass is 9.83. The first kappa shape index (κ1) is 12.4. The third-order valence-corrected chi connectivity index (χ3v) is 4.60. The molecule has 3 atom stereocenters. The normalized spacial score (nSPS) is 37.5. The van der Waals surface area contributed by atoms with E-state index in [1.165, 1.54) is 58.0 Å². The van der Waals surface area contributed by atoms with Crippen LogP contribution in [-0.2, 0) is 0 Å². The standard InChI is InChI=1S/C14H28N2/c1-12-7-3-4-9-14(12)16-10-6-5-8-13(16)11-15-2/h12-15H,3-11H2,1-2H3. The van der Waals surface area contributed by atoms with Gasteiger partial charge in [-0.05, 0) is 45.2 Å². The van der Waals surface area contributed by atoms with E-state index in [2.05, 4.69) is 24.2 Å². The van der Waals surface area contributed by atoms with Gasteiger partial charge in [-0.2, -0.15) is 0 Å². The first-order valence-corrected chi connectivity index (χ1v) is 7.23. The molecule has 1 saturated heterocycles. The molecule has 1 saturated carbocycles. The van der Waals surface area contributed by atoms with E-state index in [1.54, 1.807) is 0 Å². The minimum Gasteiger partial charge on any atom is -0.318 e. The molecule has 2 fully saturated rings. The van der Waals surface area contributed by atoms with E-state index in [4.69, 9.17) is 0 Å². The van der Waals surface area contributed by atoms with Gasteiger partial charge in [0.25, 0.3) is 0 Å². The summed E-state index contributed by atoms with van der Waals surface area (Å²) in [6, 6.07) is 1.69. The van der Waals surface area contributed by atoms with E-state index < -0.39 is 0 Å². The van der Waals surface area contributed by atoms with Crippen LogP contribution in [0.1, 0.15) is 51.9 Å². The lowest BCUT2D eigenvalue weighted by Gasteiger charge is -2.45. The van der Waals surface area contributed by atoms with Crippen molar-refractivity contribution in [2.24, 2.45) is 5.92 Å². The Kier molecular flexibility index (Phi) is 4.66. The van der Waals surface area contributed by atoms with Gasteiger partial charge in [-0.1, -0.05) is 26.2 Å². The Hall–Kier alpha value is -0.0800. The van der Waals surface area contributed by atoms with Gasteiger partial charge in [-0.3, -0.25) is 4.90 Å². The number of rotatable bonds is 3. The average molecular weight is 224 g/mol. The zero-order valence-electron chi connectivity index (χ0n) is 11.0. The van der Waals surface area contributed by atoms with Gasteiger partial charge in [0.15, 0.2) is 0 Å². The molecule has 2 heteroatoms. The Balaban J connectivity index is 1.97. The molecule has 0 aromatic carbocycles. The number of likely N-dealkylation sites (N-methyl/N-ethyl adjacent to an activating group) is 1. The highest BCUT2D eigenvalue weighted by atomic mass is 15.2. The van der Waals surface area contributed by atoms with E-state index in [0.29, 0.717) is 0 Å². The molecule has 0 aromatic rings. The van der Waals surface area contributed by atoms with Crippen molar-refractivity contribution in [1.82, 2.24) is 10.2 Å². The lowest BCUT2D eigenvalue weighted by Crippen LogP contribution is -2.52. The maximum Gasteiger partial charge on any atom is 0.0223 e. The molecule has 0 amide bonds. The van der Waals surface area contributed by atoms with E-state index in [-0.39, 0.29) is 0 Å². The van der Waals surface area contributed by atoms with E-state index in [0.717, 1.165) is 18.0 Å². The van der Waals surface area contributed by atoms with Crippen molar-refractivity contribution in [2.75, 3.05) is 20.1 Å². The molecule has 16 heavy (non-hydrogen) atoms. The molecule has 1 N–H and O–H groups in total. The van der Waals surface area contributed by atoms with Crippen LogP contribution in [0.15, 0.2) is 0 Å². The van der Waals surface area contributed by atoms with Crippen molar-refractivity contribution in [3.8, 4) is 0 Å². The number of hydrogen-bond acceptors (Lipinski definition) is 2. The Morgan fingerprint density at radius 1 is 1.06 bits per heavy atom. The Morgan fingerprint density at radius 3 is 2.56 bits per heavy atom. The maximum absolute atomic E-state index is 3.38. The number of hydrogen-bond donors (Lipinski definition) is 1. The van der Waals surface area contributed by atoms with Crippen LogP contribution < -0.4 is 5.32 Å². The van der Waals surface area contributed by atoms with Gasteiger partial charge in [0.2, 0.25) is 0 Å². The SMILES string of the molecule is CNCC1CCCCN1C1CCCCC1C. The molecule has 0 spiro atoms. The molecule has 94 valence electrons. The molecule has 2 aliphatic rings. The highest BCUT2D eigenvalue weighted by Crippen LogP contribution is 2.32. The second kappa shape index (κ2) is 6.02. The first-order valence-electron chi connectivity index (χ1n) is 7.23. The van der Waals surface area contributed by atoms with E-state index in [1.807, 2.05) is 0 Å². The molecule has 1 aliphatic carbocycles. The second-order valence-electron chi connectivity index (χ2n) is 5.77. The van der Waals surface area contributed by atoms with Gasteiger partial charge in [0.1, 0.15) is 0 Å². The maximum atomic E-state index is 3.38. The zero-order chi connectivity index (χ0) is 11.4. The molecule has 0 bridgehead atoms. The fourth-order valence-corrected chi connectivity index (χ4v) is 3.70. The number of nitrogens with zero attached hydrogens (tertiary/aromatic N) is 1. The summed E-state index contributed by atoms with van der Waals surface area (Å²) >= 11 is 0. The molecular formula is C14H28N2. The minimum atomic E-state index is 0.810. The molecular weight excluding hydrogens is 196 g/mol. The number of piperidine rings is 1. The van der Waals surface area contributed by atoms with Crippen molar-refractivity contribution in [3.05, 3.63) is 0 Å². The van der Waals surface area contributed by atoms with Gasteiger partial charge in [0, 0.05) is 18.6 Å². The van der Waals surface area contributed by atoms with Gasteiger partial charge in [-0.25, -0.2) is 0 Å². The molecule has 2 nitrogen and oxygen atoms in total.